The predicted octanol–water partition coefficient (Wildman–Crippen LogP) is 5.53. The Kier molecular flexibility index (Phi) is 5.09. The van der Waals surface area contributed by atoms with Crippen molar-refractivity contribution in [3.63, 3.8) is 0 Å². The van der Waals surface area contributed by atoms with Gasteiger partial charge in [-0.15, -0.1) is 0 Å². The number of benzene rings is 3. The summed E-state index contributed by atoms with van der Waals surface area (Å²) in [5, 5.41) is 14.1. The normalized spacial score (nSPS) is 11.6. The lowest BCUT2D eigenvalue weighted by atomic mass is 10.1. The van der Waals surface area contributed by atoms with Gasteiger partial charge in [0.2, 0.25) is 4.77 Å². The van der Waals surface area contributed by atoms with Crippen LogP contribution in [0.3, 0.4) is 0 Å². The first-order valence-electron chi connectivity index (χ1n) is 10.1. The number of hydrogen-bond acceptors (Lipinski definition) is 4. The summed E-state index contributed by atoms with van der Waals surface area (Å²) < 4.78 is 10.1. The monoisotopic (exact) mass is 427 g/mol. The number of fused-ring (bicyclic) bond motifs is 3. The Labute approximate surface area is 184 Å². The van der Waals surface area contributed by atoms with Gasteiger partial charge >= 0.3 is 0 Å². The summed E-state index contributed by atoms with van der Waals surface area (Å²) in [4.78, 5) is 0. The van der Waals surface area contributed by atoms with Gasteiger partial charge in [0.25, 0.3) is 0 Å². The topological polar surface area (TPSA) is 60.1 Å². The minimum Gasteiger partial charge on any atom is -0.486 e. The largest absolute Gasteiger partial charge is 0.486 e. The molecule has 0 saturated heterocycles. The molecule has 154 valence electrons. The Morgan fingerprint density at radius 3 is 2.61 bits per heavy atom. The van der Waals surface area contributed by atoms with Crippen LogP contribution in [0.5, 0.6) is 5.75 Å². The molecule has 2 heterocycles. The second-order valence-electron chi connectivity index (χ2n) is 7.14. The van der Waals surface area contributed by atoms with Crippen molar-refractivity contribution in [2.75, 3.05) is 0 Å². The summed E-state index contributed by atoms with van der Waals surface area (Å²) in [6.07, 6.45) is 1.80. The zero-order valence-corrected chi connectivity index (χ0v) is 17.8. The molecule has 7 heteroatoms. The van der Waals surface area contributed by atoms with Gasteiger partial charge in [-0.25, -0.2) is 5.10 Å². The van der Waals surface area contributed by atoms with E-state index in [4.69, 9.17) is 17.0 Å². The van der Waals surface area contributed by atoms with Crippen molar-refractivity contribution in [3.05, 3.63) is 89.0 Å². The maximum Gasteiger partial charge on any atom is 0.216 e. The number of nitrogens with one attached hydrogen (secondary N) is 1. The van der Waals surface area contributed by atoms with E-state index in [0.29, 0.717) is 10.6 Å². The molecule has 0 unspecified atom stereocenters. The van der Waals surface area contributed by atoms with Gasteiger partial charge in [-0.1, -0.05) is 42.5 Å². The molecule has 0 aliphatic carbocycles. The first kappa shape index (κ1) is 19.3. The molecule has 2 aromatic heterocycles. The third kappa shape index (κ3) is 3.64. The first-order valence-corrected chi connectivity index (χ1v) is 10.5. The van der Waals surface area contributed by atoms with Crippen LogP contribution in [0.4, 0.5) is 0 Å². The molecule has 31 heavy (non-hydrogen) atoms. The second-order valence-corrected chi connectivity index (χ2v) is 7.53. The second kappa shape index (κ2) is 8.20. The third-order valence-corrected chi connectivity index (χ3v) is 5.53. The molecule has 0 bridgehead atoms. The molecule has 0 atom stereocenters. The summed E-state index contributed by atoms with van der Waals surface area (Å²) in [6, 6.07) is 24.5. The van der Waals surface area contributed by atoms with E-state index >= 15 is 0 Å². The van der Waals surface area contributed by atoms with Crippen LogP contribution in [-0.4, -0.2) is 25.7 Å². The number of hydrogen-bond donors (Lipinski definition) is 1. The smallest absolute Gasteiger partial charge is 0.216 e. The van der Waals surface area contributed by atoms with Gasteiger partial charge in [0.05, 0.1) is 6.21 Å². The van der Waals surface area contributed by atoms with Gasteiger partial charge in [0.1, 0.15) is 12.4 Å². The van der Waals surface area contributed by atoms with E-state index in [2.05, 4.69) is 69.3 Å². The minimum atomic E-state index is 0.261. The van der Waals surface area contributed by atoms with Gasteiger partial charge in [0, 0.05) is 28.4 Å². The molecule has 0 radical (unpaired) electrons. The highest BCUT2D eigenvalue weighted by Crippen LogP contribution is 2.29. The van der Waals surface area contributed by atoms with E-state index < -0.39 is 0 Å². The number of H-pyrrole nitrogens is 1. The van der Waals surface area contributed by atoms with Crippen molar-refractivity contribution in [2.45, 2.75) is 20.1 Å². The lowest BCUT2D eigenvalue weighted by Gasteiger charge is -2.05. The lowest BCUT2D eigenvalue weighted by Crippen LogP contribution is -2.04. The van der Waals surface area contributed by atoms with Crippen LogP contribution in [0, 0.1) is 4.77 Å². The quantitative estimate of drug-likeness (QED) is 0.286. The first-order chi connectivity index (χ1) is 15.2. The Balaban J connectivity index is 1.46. The molecule has 5 rings (SSSR count). The van der Waals surface area contributed by atoms with Crippen LogP contribution in [-0.2, 0) is 13.2 Å². The molecule has 0 spiro atoms. The van der Waals surface area contributed by atoms with Crippen LogP contribution in [0.25, 0.3) is 21.8 Å². The SMILES string of the molecule is CCn1c2ccccc2c2cc(C=Nn3c(COc4ccccc4)n[nH]c3=S)ccc21. The maximum atomic E-state index is 5.79. The molecule has 3 aromatic carbocycles. The molecular formula is C24H21N5OS. The lowest BCUT2D eigenvalue weighted by molar-refractivity contribution is 0.290. The van der Waals surface area contributed by atoms with Crippen LogP contribution in [0.1, 0.15) is 18.3 Å². The van der Waals surface area contributed by atoms with Crippen LogP contribution < -0.4 is 4.74 Å². The molecule has 0 saturated carbocycles. The number of ether oxygens (including phenoxy) is 1. The van der Waals surface area contributed by atoms with E-state index in [-0.39, 0.29) is 6.61 Å². The van der Waals surface area contributed by atoms with Crippen molar-refractivity contribution in [2.24, 2.45) is 5.10 Å². The highest BCUT2D eigenvalue weighted by molar-refractivity contribution is 7.71. The summed E-state index contributed by atoms with van der Waals surface area (Å²) in [7, 11) is 0. The van der Waals surface area contributed by atoms with Crippen molar-refractivity contribution in [3.8, 4) is 5.75 Å². The third-order valence-electron chi connectivity index (χ3n) is 5.26. The number of aryl methyl sites for hydroxylation is 1. The van der Waals surface area contributed by atoms with Gasteiger partial charge in [0.15, 0.2) is 5.82 Å². The minimum absolute atomic E-state index is 0.261. The van der Waals surface area contributed by atoms with Crippen molar-refractivity contribution < 1.29 is 4.74 Å². The summed E-state index contributed by atoms with van der Waals surface area (Å²) in [5.41, 5.74) is 3.45. The van der Waals surface area contributed by atoms with E-state index in [1.165, 1.54) is 21.8 Å². The van der Waals surface area contributed by atoms with E-state index in [9.17, 15) is 0 Å². The molecule has 0 amide bonds. The van der Waals surface area contributed by atoms with Gasteiger partial charge < -0.3 is 9.30 Å². The summed E-state index contributed by atoms with van der Waals surface area (Å²) in [5.74, 6) is 1.37. The Morgan fingerprint density at radius 1 is 1.00 bits per heavy atom. The van der Waals surface area contributed by atoms with Gasteiger partial charge in [-0.3, -0.25) is 0 Å². The Bertz CT molecular complexity index is 1450. The maximum absolute atomic E-state index is 5.79. The molecule has 0 aliphatic heterocycles. The zero-order chi connectivity index (χ0) is 21.2. The highest BCUT2D eigenvalue weighted by Gasteiger charge is 2.10. The fourth-order valence-corrected chi connectivity index (χ4v) is 4.02. The van der Waals surface area contributed by atoms with Crippen LogP contribution >= 0.6 is 12.2 Å². The Hall–Kier alpha value is -3.71. The predicted molar refractivity (Wildman–Crippen MR) is 126 cm³/mol. The van der Waals surface area contributed by atoms with Crippen LogP contribution in [0.15, 0.2) is 77.9 Å². The van der Waals surface area contributed by atoms with Gasteiger partial charge in [-0.2, -0.15) is 14.9 Å². The highest BCUT2D eigenvalue weighted by atomic mass is 32.1. The molecular weight excluding hydrogens is 406 g/mol. The fourth-order valence-electron chi connectivity index (χ4n) is 3.82. The number of nitrogens with zero attached hydrogens (tertiary/aromatic N) is 4. The number of para-hydroxylation sites is 2. The van der Waals surface area contributed by atoms with Crippen molar-refractivity contribution in [1.29, 1.82) is 0 Å². The van der Waals surface area contributed by atoms with Crippen molar-refractivity contribution >= 4 is 40.2 Å². The molecule has 0 fully saturated rings. The van der Waals surface area contributed by atoms with Crippen molar-refractivity contribution in [1.82, 2.24) is 19.4 Å². The molecule has 1 N–H and O–H groups in total. The summed E-state index contributed by atoms with van der Waals surface area (Å²) >= 11 is 5.35. The van der Waals surface area contributed by atoms with Crippen LogP contribution in [0.2, 0.25) is 0 Å². The number of aromatic amines is 1. The standard InChI is InChI=1S/C24H21N5OS/c1-2-28-21-11-7-6-10-19(21)20-14-17(12-13-22(20)28)15-25-29-23(26-27-24(29)31)16-30-18-8-4-3-5-9-18/h3-15H,2,16H2,1H3,(H,27,31). The van der Waals surface area contributed by atoms with E-state index in [0.717, 1.165) is 17.9 Å². The van der Waals surface area contributed by atoms with Gasteiger partial charge in [-0.05, 0) is 55.0 Å². The number of rotatable bonds is 6. The fraction of sp³-hybridized carbons (Fsp3) is 0.125. The van der Waals surface area contributed by atoms with E-state index in [1.54, 1.807) is 10.9 Å². The Morgan fingerprint density at radius 2 is 1.77 bits per heavy atom. The zero-order valence-electron chi connectivity index (χ0n) is 17.0. The average Bonchev–Trinajstić information content (AvgIpc) is 3.33. The van der Waals surface area contributed by atoms with E-state index in [1.807, 2.05) is 30.3 Å². The molecule has 5 aromatic rings. The summed E-state index contributed by atoms with van der Waals surface area (Å²) in [6.45, 7) is 3.35. The molecule has 0 aliphatic rings. The average molecular weight is 428 g/mol. The molecule has 6 nitrogen and oxygen atoms in total. The number of aromatic nitrogens is 4.